The number of benzene rings is 1. The molecule has 1 aliphatic rings. The van der Waals surface area contributed by atoms with Crippen molar-refractivity contribution in [3.8, 4) is 11.5 Å². The van der Waals surface area contributed by atoms with Crippen LogP contribution in [-0.2, 0) is 4.79 Å². The summed E-state index contributed by atoms with van der Waals surface area (Å²) >= 11 is 10.7. The second-order valence-electron chi connectivity index (χ2n) is 3.52. The molecule has 0 radical (unpaired) electrons. The first-order chi connectivity index (χ1) is 8.51. The fraction of sp³-hybridized carbons (Fsp3) is 0.0909. The molecule has 0 bridgehead atoms. The highest BCUT2D eigenvalue weighted by molar-refractivity contribution is 7.80. The summed E-state index contributed by atoms with van der Waals surface area (Å²) in [5.41, 5.74) is 0.917. The van der Waals surface area contributed by atoms with E-state index in [0.717, 1.165) is 0 Å². The molecule has 3 N–H and O–H groups in total. The number of methoxy groups -OCH3 is 1. The number of rotatable bonds is 2. The van der Waals surface area contributed by atoms with Crippen LogP contribution in [0.2, 0.25) is 5.02 Å². The third kappa shape index (κ3) is 2.39. The Bertz CT molecular complexity index is 572. The number of hydrogen-bond acceptors (Lipinski definition) is 4. The highest BCUT2D eigenvalue weighted by atomic mass is 35.5. The topological polar surface area (TPSA) is 70.6 Å². The van der Waals surface area contributed by atoms with Gasteiger partial charge in [0.2, 0.25) is 0 Å². The number of halogens is 1. The fourth-order valence-corrected chi connectivity index (χ4v) is 1.90. The van der Waals surface area contributed by atoms with Crippen molar-refractivity contribution in [1.29, 1.82) is 0 Å². The summed E-state index contributed by atoms with van der Waals surface area (Å²) in [6.45, 7) is 0. The van der Waals surface area contributed by atoms with Crippen molar-refractivity contribution < 1.29 is 14.6 Å². The molecule has 2 rings (SSSR count). The van der Waals surface area contributed by atoms with E-state index in [1.165, 1.54) is 13.2 Å². The molecular formula is C11H9ClN2O3S. The van der Waals surface area contributed by atoms with E-state index in [9.17, 15) is 9.90 Å². The van der Waals surface area contributed by atoms with Gasteiger partial charge in [-0.2, -0.15) is 0 Å². The molecule has 0 aliphatic carbocycles. The normalized spacial score (nSPS) is 16.7. The first-order valence-corrected chi connectivity index (χ1v) is 5.70. The summed E-state index contributed by atoms with van der Waals surface area (Å²) < 4.78 is 4.97. The highest BCUT2D eigenvalue weighted by Gasteiger charge is 2.20. The number of ether oxygens (including phenoxy) is 1. The molecule has 0 atom stereocenters. The van der Waals surface area contributed by atoms with Gasteiger partial charge < -0.3 is 15.2 Å². The van der Waals surface area contributed by atoms with Crippen LogP contribution in [0.3, 0.4) is 0 Å². The zero-order valence-corrected chi connectivity index (χ0v) is 10.9. The maximum atomic E-state index is 11.5. The molecular weight excluding hydrogens is 276 g/mol. The van der Waals surface area contributed by atoms with Gasteiger partial charge in [-0.3, -0.25) is 10.1 Å². The van der Waals surface area contributed by atoms with Crippen LogP contribution in [0.5, 0.6) is 11.5 Å². The van der Waals surface area contributed by atoms with E-state index in [-0.39, 0.29) is 27.5 Å². The Morgan fingerprint density at radius 1 is 1.44 bits per heavy atom. The summed E-state index contributed by atoms with van der Waals surface area (Å²) in [4.78, 5) is 11.5. The monoisotopic (exact) mass is 284 g/mol. The lowest BCUT2D eigenvalue weighted by molar-refractivity contribution is -0.115. The van der Waals surface area contributed by atoms with Crippen LogP contribution >= 0.6 is 23.8 Å². The van der Waals surface area contributed by atoms with Crippen LogP contribution in [0.25, 0.3) is 6.08 Å². The number of phenols is 1. The average molecular weight is 285 g/mol. The molecule has 7 heteroatoms. The number of aromatic hydroxyl groups is 1. The smallest absolute Gasteiger partial charge is 0.273 e. The Balaban J connectivity index is 2.41. The molecule has 5 nitrogen and oxygen atoms in total. The second kappa shape index (κ2) is 4.83. The molecule has 18 heavy (non-hydrogen) atoms. The highest BCUT2D eigenvalue weighted by Crippen LogP contribution is 2.35. The molecule has 1 heterocycles. The first kappa shape index (κ1) is 12.7. The maximum Gasteiger partial charge on any atom is 0.273 e. The number of amides is 1. The number of hydrogen-bond donors (Lipinski definition) is 3. The number of nitrogens with one attached hydrogen (secondary N) is 2. The molecule has 0 aromatic heterocycles. The van der Waals surface area contributed by atoms with E-state index < -0.39 is 0 Å². The Kier molecular flexibility index (Phi) is 3.40. The number of carbonyl (C=O) groups excluding carboxylic acids is 1. The fourth-order valence-electron chi connectivity index (χ4n) is 1.48. The minimum Gasteiger partial charge on any atom is -0.503 e. The molecule has 1 saturated heterocycles. The molecule has 94 valence electrons. The second-order valence-corrected chi connectivity index (χ2v) is 4.34. The summed E-state index contributed by atoms with van der Waals surface area (Å²) in [5, 5.41) is 15.1. The largest absolute Gasteiger partial charge is 0.503 e. The van der Waals surface area contributed by atoms with Crippen LogP contribution in [0.4, 0.5) is 0 Å². The van der Waals surface area contributed by atoms with E-state index in [0.29, 0.717) is 11.3 Å². The third-order valence-electron chi connectivity index (χ3n) is 2.30. The predicted octanol–water partition coefficient (Wildman–Crippen LogP) is 1.40. The van der Waals surface area contributed by atoms with Gasteiger partial charge in [0, 0.05) is 0 Å². The number of carbonyl (C=O) groups is 1. The van der Waals surface area contributed by atoms with Crippen LogP contribution in [-0.4, -0.2) is 23.2 Å². The summed E-state index contributed by atoms with van der Waals surface area (Å²) in [5.74, 6) is -0.223. The van der Waals surface area contributed by atoms with Gasteiger partial charge in [-0.25, -0.2) is 0 Å². The Morgan fingerprint density at radius 2 is 2.17 bits per heavy atom. The zero-order valence-electron chi connectivity index (χ0n) is 9.28. The van der Waals surface area contributed by atoms with Crippen LogP contribution in [0, 0.1) is 0 Å². The minimum atomic E-state index is -0.317. The van der Waals surface area contributed by atoms with Gasteiger partial charge in [0.25, 0.3) is 5.91 Å². The zero-order chi connectivity index (χ0) is 13.3. The molecule has 1 aromatic carbocycles. The van der Waals surface area contributed by atoms with Crippen molar-refractivity contribution in [2.45, 2.75) is 0 Å². The van der Waals surface area contributed by atoms with Gasteiger partial charge in [0.1, 0.15) is 5.70 Å². The van der Waals surface area contributed by atoms with Gasteiger partial charge in [0.15, 0.2) is 16.6 Å². The molecule has 0 unspecified atom stereocenters. The van der Waals surface area contributed by atoms with Crippen LogP contribution in [0.1, 0.15) is 5.56 Å². The van der Waals surface area contributed by atoms with Gasteiger partial charge in [-0.05, 0) is 36.0 Å². The molecule has 0 spiro atoms. The number of thiocarbonyl (C=S) groups is 1. The summed E-state index contributed by atoms with van der Waals surface area (Å²) in [6, 6.07) is 3.08. The Morgan fingerprint density at radius 3 is 2.72 bits per heavy atom. The lowest BCUT2D eigenvalue weighted by Crippen LogP contribution is -2.21. The Hall–Kier alpha value is -1.79. The molecule has 1 aromatic rings. The van der Waals surface area contributed by atoms with Crippen molar-refractivity contribution in [1.82, 2.24) is 10.6 Å². The standard InChI is InChI=1S/C11H9ClN2O3S/c1-17-8-4-5(2-6(12)9(8)15)3-7-10(16)14-11(18)13-7/h2-4,15H,1H3,(H2,13,14,16,18). The van der Waals surface area contributed by atoms with Crippen molar-refractivity contribution >= 4 is 40.9 Å². The van der Waals surface area contributed by atoms with Gasteiger partial charge >= 0.3 is 0 Å². The SMILES string of the molecule is COc1cc(C=C2NC(=S)NC2=O)cc(Cl)c1O. The first-order valence-electron chi connectivity index (χ1n) is 4.92. The lowest BCUT2D eigenvalue weighted by atomic mass is 10.1. The van der Waals surface area contributed by atoms with Crippen molar-refractivity contribution in [3.63, 3.8) is 0 Å². The molecule has 1 amide bonds. The minimum absolute atomic E-state index is 0.138. The van der Waals surface area contributed by atoms with Crippen molar-refractivity contribution in [3.05, 3.63) is 28.4 Å². The molecule has 1 fully saturated rings. The van der Waals surface area contributed by atoms with Gasteiger partial charge in [-0.15, -0.1) is 0 Å². The van der Waals surface area contributed by atoms with Gasteiger partial charge in [-0.1, -0.05) is 11.6 Å². The van der Waals surface area contributed by atoms with E-state index in [4.69, 9.17) is 28.6 Å². The molecule has 0 saturated carbocycles. The Labute approximate surface area is 113 Å². The van der Waals surface area contributed by atoms with E-state index >= 15 is 0 Å². The summed E-state index contributed by atoms with van der Waals surface area (Å²) in [6.07, 6.45) is 1.56. The third-order valence-corrected chi connectivity index (χ3v) is 2.79. The maximum absolute atomic E-state index is 11.5. The van der Waals surface area contributed by atoms with Gasteiger partial charge in [0.05, 0.1) is 12.1 Å². The van der Waals surface area contributed by atoms with Crippen LogP contribution in [0.15, 0.2) is 17.8 Å². The molecule has 1 aliphatic heterocycles. The lowest BCUT2D eigenvalue weighted by Gasteiger charge is -2.06. The average Bonchev–Trinajstić information content (AvgIpc) is 2.62. The van der Waals surface area contributed by atoms with Crippen molar-refractivity contribution in [2.24, 2.45) is 0 Å². The van der Waals surface area contributed by atoms with E-state index in [2.05, 4.69) is 10.6 Å². The number of phenolic OH excluding ortho intramolecular Hbond substituents is 1. The van der Waals surface area contributed by atoms with Crippen LogP contribution < -0.4 is 15.4 Å². The predicted molar refractivity (Wildman–Crippen MR) is 71.5 cm³/mol. The quantitative estimate of drug-likeness (QED) is 0.566. The van der Waals surface area contributed by atoms with E-state index in [1.807, 2.05) is 0 Å². The van der Waals surface area contributed by atoms with E-state index in [1.54, 1.807) is 12.1 Å². The summed E-state index contributed by atoms with van der Waals surface area (Å²) in [7, 11) is 1.41. The van der Waals surface area contributed by atoms with Crippen molar-refractivity contribution in [2.75, 3.05) is 7.11 Å².